The summed E-state index contributed by atoms with van der Waals surface area (Å²) in [6.45, 7) is 0. The molecule has 23 heavy (non-hydrogen) atoms. The van der Waals surface area contributed by atoms with Crippen LogP contribution in [0.3, 0.4) is 0 Å². The molecular formula is C16H11Cl2N3OS. The van der Waals surface area contributed by atoms with Crippen LogP contribution in [0.1, 0.15) is 15.2 Å². The number of nitrogens with one attached hydrogen (secondary N) is 1. The third kappa shape index (κ3) is 3.47. The predicted octanol–water partition coefficient (Wildman–Crippen LogP) is 5.01. The summed E-state index contributed by atoms with van der Waals surface area (Å²) in [5.41, 5.74) is 7.17. The molecule has 4 nitrogen and oxygen atoms in total. The van der Waals surface area contributed by atoms with Crippen molar-refractivity contribution in [2.45, 2.75) is 0 Å². The molecule has 2 aromatic carbocycles. The topological polar surface area (TPSA) is 68.0 Å². The van der Waals surface area contributed by atoms with E-state index in [0.717, 1.165) is 0 Å². The van der Waals surface area contributed by atoms with E-state index in [9.17, 15) is 4.79 Å². The number of halogens is 2. The van der Waals surface area contributed by atoms with E-state index in [-0.39, 0.29) is 11.6 Å². The molecule has 0 unspecified atom stereocenters. The van der Waals surface area contributed by atoms with Crippen LogP contribution in [-0.4, -0.2) is 10.8 Å². The predicted molar refractivity (Wildman–Crippen MR) is 96.1 cm³/mol. The molecule has 0 aliphatic rings. The minimum absolute atomic E-state index is 0.150. The van der Waals surface area contributed by atoms with Crippen molar-refractivity contribution < 1.29 is 4.79 Å². The van der Waals surface area contributed by atoms with Crippen molar-refractivity contribution >= 4 is 57.0 Å². The lowest BCUT2D eigenvalue weighted by Crippen LogP contribution is -2.02. The average Bonchev–Trinajstić information content (AvgIpc) is 2.91. The zero-order valence-corrected chi connectivity index (χ0v) is 14.0. The minimum atomic E-state index is -0.150. The van der Waals surface area contributed by atoms with Crippen molar-refractivity contribution in [3.05, 3.63) is 69.0 Å². The number of nitrogens with two attached hydrogens (primary N) is 1. The van der Waals surface area contributed by atoms with Gasteiger partial charge in [-0.15, -0.1) is 0 Å². The Kier molecular flexibility index (Phi) is 4.52. The molecule has 0 saturated heterocycles. The van der Waals surface area contributed by atoms with Crippen LogP contribution in [-0.2, 0) is 0 Å². The van der Waals surface area contributed by atoms with Gasteiger partial charge in [0, 0.05) is 11.3 Å². The maximum absolute atomic E-state index is 12.5. The Hall–Kier alpha value is -2.08. The molecule has 1 heterocycles. The Bertz CT molecular complexity index is 865. The van der Waals surface area contributed by atoms with Gasteiger partial charge in [0.1, 0.15) is 10.7 Å². The van der Waals surface area contributed by atoms with Gasteiger partial charge >= 0.3 is 0 Å². The number of rotatable bonds is 4. The SMILES string of the molecule is Nc1nc(Nc2ccc(Cl)c(Cl)c2)sc1C(=O)c1ccccc1. The van der Waals surface area contributed by atoms with Crippen LogP contribution in [0, 0.1) is 0 Å². The fourth-order valence-electron chi connectivity index (χ4n) is 1.97. The van der Waals surface area contributed by atoms with E-state index in [4.69, 9.17) is 28.9 Å². The van der Waals surface area contributed by atoms with Crippen LogP contribution in [0.2, 0.25) is 10.0 Å². The van der Waals surface area contributed by atoms with Gasteiger partial charge in [0.15, 0.2) is 5.13 Å². The number of nitrogens with zero attached hydrogens (tertiary/aromatic N) is 1. The quantitative estimate of drug-likeness (QED) is 0.639. The Morgan fingerprint density at radius 2 is 1.83 bits per heavy atom. The molecule has 3 aromatic rings. The average molecular weight is 364 g/mol. The monoisotopic (exact) mass is 363 g/mol. The van der Waals surface area contributed by atoms with Gasteiger partial charge in [-0.2, -0.15) is 0 Å². The first-order valence-corrected chi connectivity index (χ1v) is 8.20. The summed E-state index contributed by atoms with van der Waals surface area (Å²) in [4.78, 5) is 17.1. The number of benzene rings is 2. The number of carbonyl (C=O) groups excluding carboxylic acids is 1. The number of hydrogen-bond acceptors (Lipinski definition) is 5. The molecular weight excluding hydrogens is 353 g/mol. The smallest absolute Gasteiger partial charge is 0.206 e. The van der Waals surface area contributed by atoms with E-state index in [1.165, 1.54) is 11.3 Å². The van der Waals surface area contributed by atoms with Crippen molar-refractivity contribution in [1.82, 2.24) is 4.98 Å². The Morgan fingerprint density at radius 3 is 2.52 bits per heavy atom. The first kappa shape index (κ1) is 15.8. The number of hydrogen-bond donors (Lipinski definition) is 2. The molecule has 3 rings (SSSR count). The zero-order chi connectivity index (χ0) is 16.4. The van der Waals surface area contributed by atoms with Crippen molar-refractivity contribution in [3.8, 4) is 0 Å². The summed E-state index contributed by atoms with van der Waals surface area (Å²) in [7, 11) is 0. The minimum Gasteiger partial charge on any atom is -0.382 e. The summed E-state index contributed by atoms with van der Waals surface area (Å²) in [6, 6.07) is 14.1. The summed E-state index contributed by atoms with van der Waals surface area (Å²) >= 11 is 13.1. The molecule has 3 N–H and O–H groups in total. The normalized spacial score (nSPS) is 10.5. The highest BCUT2D eigenvalue weighted by Crippen LogP contribution is 2.31. The third-order valence-electron chi connectivity index (χ3n) is 3.07. The molecule has 0 radical (unpaired) electrons. The molecule has 0 amide bonds. The van der Waals surface area contributed by atoms with Crippen LogP contribution in [0.5, 0.6) is 0 Å². The zero-order valence-electron chi connectivity index (χ0n) is 11.7. The number of anilines is 3. The molecule has 0 saturated carbocycles. The first-order chi connectivity index (χ1) is 11.0. The summed E-state index contributed by atoms with van der Waals surface area (Å²) in [6.07, 6.45) is 0. The molecule has 0 aliphatic carbocycles. The van der Waals surface area contributed by atoms with E-state index in [1.807, 2.05) is 6.07 Å². The van der Waals surface area contributed by atoms with E-state index < -0.39 is 0 Å². The third-order valence-corrected chi connectivity index (χ3v) is 4.79. The van der Waals surface area contributed by atoms with Crippen LogP contribution in [0.25, 0.3) is 0 Å². The van der Waals surface area contributed by atoms with Gasteiger partial charge in [0.05, 0.1) is 10.0 Å². The lowest BCUT2D eigenvalue weighted by atomic mass is 10.1. The summed E-state index contributed by atoms with van der Waals surface area (Å²) < 4.78 is 0. The highest BCUT2D eigenvalue weighted by Gasteiger charge is 2.18. The molecule has 1 aromatic heterocycles. The van der Waals surface area contributed by atoms with Crippen molar-refractivity contribution in [3.63, 3.8) is 0 Å². The van der Waals surface area contributed by atoms with Gasteiger partial charge in [0.25, 0.3) is 0 Å². The maximum atomic E-state index is 12.5. The standard InChI is InChI=1S/C16H11Cl2N3OS/c17-11-7-6-10(8-12(11)18)20-16-21-15(19)14(23-16)13(22)9-4-2-1-3-5-9/h1-8H,19H2,(H,20,21). The van der Waals surface area contributed by atoms with E-state index in [2.05, 4.69) is 10.3 Å². The fourth-order valence-corrected chi connectivity index (χ4v) is 3.13. The fraction of sp³-hybridized carbons (Fsp3) is 0. The largest absolute Gasteiger partial charge is 0.382 e. The van der Waals surface area contributed by atoms with Crippen LogP contribution < -0.4 is 11.1 Å². The first-order valence-electron chi connectivity index (χ1n) is 6.62. The number of aromatic nitrogens is 1. The second kappa shape index (κ2) is 6.58. The number of ketones is 1. The molecule has 7 heteroatoms. The van der Waals surface area contributed by atoms with Gasteiger partial charge in [-0.25, -0.2) is 4.98 Å². The van der Waals surface area contributed by atoms with Crippen LogP contribution in [0.15, 0.2) is 48.5 Å². The van der Waals surface area contributed by atoms with Crippen molar-refractivity contribution in [2.75, 3.05) is 11.1 Å². The lowest BCUT2D eigenvalue weighted by molar-refractivity contribution is 0.104. The van der Waals surface area contributed by atoms with Gasteiger partial charge in [-0.05, 0) is 18.2 Å². The number of nitrogen functional groups attached to an aromatic ring is 1. The molecule has 116 valence electrons. The van der Waals surface area contributed by atoms with Gasteiger partial charge in [0.2, 0.25) is 5.78 Å². The van der Waals surface area contributed by atoms with Gasteiger partial charge < -0.3 is 11.1 Å². The number of carbonyl (C=O) groups is 1. The molecule has 0 bridgehead atoms. The Labute approximate surface area is 146 Å². The van der Waals surface area contributed by atoms with E-state index >= 15 is 0 Å². The second-order valence-electron chi connectivity index (χ2n) is 4.68. The second-order valence-corrected chi connectivity index (χ2v) is 6.50. The van der Waals surface area contributed by atoms with E-state index in [1.54, 1.807) is 42.5 Å². The van der Waals surface area contributed by atoms with Crippen LogP contribution in [0.4, 0.5) is 16.6 Å². The number of thiazole rings is 1. The Balaban J connectivity index is 1.86. The van der Waals surface area contributed by atoms with Crippen molar-refractivity contribution in [1.29, 1.82) is 0 Å². The highest BCUT2D eigenvalue weighted by molar-refractivity contribution is 7.18. The molecule has 0 spiro atoms. The van der Waals surface area contributed by atoms with Crippen molar-refractivity contribution in [2.24, 2.45) is 0 Å². The van der Waals surface area contributed by atoms with Gasteiger partial charge in [-0.1, -0.05) is 64.9 Å². The highest BCUT2D eigenvalue weighted by atomic mass is 35.5. The summed E-state index contributed by atoms with van der Waals surface area (Å²) in [5, 5.41) is 4.49. The Morgan fingerprint density at radius 1 is 1.09 bits per heavy atom. The molecule has 0 fully saturated rings. The van der Waals surface area contributed by atoms with E-state index in [0.29, 0.717) is 31.3 Å². The molecule has 0 aliphatic heterocycles. The van der Waals surface area contributed by atoms with Gasteiger partial charge in [-0.3, -0.25) is 4.79 Å². The maximum Gasteiger partial charge on any atom is 0.206 e. The van der Waals surface area contributed by atoms with Crippen LogP contribution >= 0.6 is 34.5 Å². The molecule has 0 atom stereocenters. The summed E-state index contributed by atoms with van der Waals surface area (Å²) in [5.74, 6) is 0.0502. The lowest BCUT2D eigenvalue weighted by Gasteiger charge is -2.03.